The third kappa shape index (κ3) is 2.50. The Kier molecular flexibility index (Phi) is 3.62. The molecule has 1 aromatic carbocycles. The molecule has 2 aromatic heterocycles. The lowest BCUT2D eigenvalue weighted by Crippen LogP contribution is -1.92. The quantitative estimate of drug-likeness (QED) is 0.762. The fourth-order valence-corrected chi connectivity index (χ4v) is 2.53. The number of aromatic amines is 1. The maximum atomic E-state index is 6.00. The molecule has 3 aromatic rings. The molecule has 0 saturated heterocycles. The van der Waals surface area contributed by atoms with Gasteiger partial charge in [0.25, 0.3) is 0 Å². The zero-order valence-corrected chi connectivity index (χ0v) is 12.9. The summed E-state index contributed by atoms with van der Waals surface area (Å²) < 4.78 is 6.38. The van der Waals surface area contributed by atoms with Crippen LogP contribution in [0.4, 0.5) is 5.82 Å². The highest BCUT2D eigenvalue weighted by molar-refractivity contribution is 9.10. The van der Waals surface area contributed by atoms with Crippen molar-refractivity contribution in [1.82, 2.24) is 15.2 Å². The first-order chi connectivity index (χ1) is 10.2. The molecule has 0 aliphatic rings. The maximum absolute atomic E-state index is 6.00. The summed E-state index contributed by atoms with van der Waals surface area (Å²) in [5.74, 6) is 1.14. The Balaban J connectivity index is 2.21. The summed E-state index contributed by atoms with van der Waals surface area (Å²) in [4.78, 5) is 4.35. The molecule has 21 heavy (non-hydrogen) atoms. The maximum Gasteiger partial charge on any atom is 0.155 e. The first-order valence-corrected chi connectivity index (χ1v) is 7.09. The summed E-state index contributed by atoms with van der Waals surface area (Å²) >= 11 is 3.44. The minimum atomic E-state index is 0.411. The van der Waals surface area contributed by atoms with Gasteiger partial charge in [-0.15, -0.1) is 0 Å². The minimum Gasteiger partial charge on any atom is -0.496 e. The summed E-state index contributed by atoms with van der Waals surface area (Å²) in [6.45, 7) is 0. The van der Waals surface area contributed by atoms with Crippen molar-refractivity contribution in [3.05, 3.63) is 47.1 Å². The van der Waals surface area contributed by atoms with Crippen LogP contribution in [0.5, 0.6) is 5.75 Å². The lowest BCUT2D eigenvalue weighted by Gasteiger charge is -2.09. The van der Waals surface area contributed by atoms with Crippen molar-refractivity contribution < 1.29 is 4.74 Å². The molecule has 0 unspecified atom stereocenters. The number of halogens is 1. The van der Waals surface area contributed by atoms with E-state index in [4.69, 9.17) is 10.5 Å². The number of methoxy groups -OCH3 is 1. The number of H-pyrrole nitrogens is 1. The average Bonchev–Trinajstić information content (AvgIpc) is 2.89. The van der Waals surface area contributed by atoms with E-state index in [-0.39, 0.29) is 0 Å². The van der Waals surface area contributed by atoms with Crippen LogP contribution >= 0.6 is 15.9 Å². The van der Waals surface area contributed by atoms with E-state index in [0.717, 1.165) is 32.7 Å². The average molecular weight is 345 g/mol. The Morgan fingerprint density at radius 3 is 2.81 bits per heavy atom. The van der Waals surface area contributed by atoms with E-state index in [1.54, 1.807) is 13.3 Å². The van der Waals surface area contributed by atoms with Gasteiger partial charge >= 0.3 is 0 Å². The highest BCUT2D eigenvalue weighted by Crippen LogP contribution is 2.38. The van der Waals surface area contributed by atoms with Crippen molar-refractivity contribution in [3.8, 4) is 28.3 Å². The number of benzene rings is 1. The molecule has 0 atom stereocenters. The van der Waals surface area contributed by atoms with Crippen LogP contribution in [0.15, 0.2) is 47.1 Å². The first-order valence-electron chi connectivity index (χ1n) is 6.30. The molecule has 0 amide bonds. The fraction of sp³-hybridized carbons (Fsp3) is 0.0667. The van der Waals surface area contributed by atoms with E-state index in [2.05, 4.69) is 31.1 Å². The van der Waals surface area contributed by atoms with Gasteiger partial charge in [-0.3, -0.25) is 10.1 Å². The molecule has 0 spiro atoms. The number of hydrogen-bond donors (Lipinski definition) is 2. The van der Waals surface area contributed by atoms with Gasteiger partial charge in [0, 0.05) is 16.2 Å². The van der Waals surface area contributed by atoms with Gasteiger partial charge in [0.1, 0.15) is 5.75 Å². The van der Waals surface area contributed by atoms with Crippen LogP contribution in [-0.4, -0.2) is 22.3 Å². The smallest absolute Gasteiger partial charge is 0.155 e. The molecule has 3 rings (SSSR count). The van der Waals surface area contributed by atoms with E-state index in [1.807, 2.05) is 36.4 Å². The Bertz CT molecular complexity index is 771. The van der Waals surface area contributed by atoms with Gasteiger partial charge in [-0.05, 0) is 30.3 Å². The molecular weight excluding hydrogens is 332 g/mol. The predicted octanol–water partition coefficient (Wildman–Crippen LogP) is 3.49. The second-order valence-corrected chi connectivity index (χ2v) is 5.33. The number of nitrogens with zero attached hydrogens (tertiary/aromatic N) is 2. The normalized spacial score (nSPS) is 10.6. The first kappa shape index (κ1) is 13.6. The van der Waals surface area contributed by atoms with Crippen molar-refractivity contribution in [2.24, 2.45) is 0 Å². The number of aromatic nitrogens is 3. The topological polar surface area (TPSA) is 76.8 Å². The number of pyridine rings is 1. The number of ether oxygens (including phenoxy) is 1. The number of nitrogen functional groups attached to an aromatic ring is 1. The van der Waals surface area contributed by atoms with Gasteiger partial charge in [0.05, 0.1) is 24.1 Å². The van der Waals surface area contributed by atoms with Crippen LogP contribution in [0.25, 0.3) is 22.5 Å². The highest BCUT2D eigenvalue weighted by atomic mass is 79.9. The van der Waals surface area contributed by atoms with Gasteiger partial charge in [-0.1, -0.05) is 22.0 Å². The van der Waals surface area contributed by atoms with Gasteiger partial charge < -0.3 is 10.5 Å². The largest absolute Gasteiger partial charge is 0.496 e. The van der Waals surface area contributed by atoms with E-state index in [9.17, 15) is 0 Å². The molecule has 106 valence electrons. The van der Waals surface area contributed by atoms with Gasteiger partial charge in [-0.25, -0.2) is 0 Å². The Labute approximate surface area is 130 Å². The van der Waals surface area contributed by atoms with Gasteiger partial charge in [0.15, 0.2) is 5.82 Å². The molecule has 6 heteroatoms. The number of anilines is 1. The van der Waals surface area contributed by atoms with Crippen LogP contribution in [0.2, 0.25) is 0 Å². The summed E-state index contributed by atoms with van der Waals surface area (Å²) in [5, 5.41) is 7.09. The lowest BCUT2D eigenvalue weighted by molar-refractivity contribution is 0.416. The monoisotopic (exact) mass is 344 g/mol. The molecule has 0 aliphatic carbocycles. The summed E-state index contributed by atoms with van der Waals surface area (Å²) in [6.07, 6.45) is 1.73. The predicted molar refractivity (Wildman–Crippen MR) is 85.9 cm³/mol. The van der Waals surface area contributed by atoms with Crippen molar-refractivity contribution in [3.63, 3.8) is 0 Å². The third-order valence-corrected chi connectivity index (χ3v) is 3.64. The van der Waals surface area contributed by atoms with Crippen molar-refractivity contribution >= 4 is 21.7 Å². The Morgan fingerprint density at radius 1 is 1.24 bits per heavy atom. The van der Waals surface area contributed by atoms with Gasteiger partial charge in [0.2, 0.25) is 0 Å². The van der Waals surface area contributed by atoms with Crippen LogP contribution in [-0.2, 0) is 0 Å². The van der Waals surface area contributed by atoms with E-state index in [0.29, 0.717) is 5.82 Å². The fourth-order valence-electron chi connectivity index (χ4n) is 2.19. The number of nitrogens with one attached hydrogen (secondary N) is 1. The number of rotatable bonds is 3. The third-order valence-electron chi connectivity index (χ3n) is 3.15. The lowest BCUT2D eigenvalue weighted by atomic mass is 10.0. The highest BCUT2D eigenvalue weighted by Gasteiger charge is 2.18. The van der Waals surface area contributed by atoms with Crippen LogP contribution in [0.1, 0.15) is 0 Å². The summed E-state index contributed by atoms with van der Waals surface area (Å²) in [6, 6.07) is 11.5. The van der Waals surface area contributed by atoms with Crippen LogP contribution in [0.3, 0.4) is 0 Å². The molecule has 5 nitrogen and oxygen atoms in total. The molecule has 0 radical (unpaired) electrons. The summed E-state index contributed by atoms with van der Waals surface area (Å²) in [7, 11) is 1.63. The van der Waals surface area contributed by atoms with Crippen molar-refractivity contribution in [2.45, 2.75) is 0 Å². The zero-order valence-electron chi connectivity index (χ0n) is 11.3. The molecule has 0 fully saturated rings. The second-order valence-electron chi connectivity index (χ2n) is 4.42. The minimum absolute atomic E-state index is 0.411. The SMILES string of the molecule is COc1cc(Br)ccc1-c1[nH]nc(N)c1-c1ccccn1. The van der Waals surface area contributed by atoms with Gasteiger partial charge in [-0.2, -0.15) is 5.10 Å². The van der Waals surface area contributed by atoms with E-state index in [1.165, 1.54) is 0 Å². The number of nitrogens with two attached hydrogens (primary N) is 1. The zero-order chi connectivity index (χ0) is 14.8. The molecule has 0 aliphatic heterocycles. The van der Waals surface area contributed by atoms with E-state index >= 15 is 0 Å². The van der Waals surface area contributed by atoms with E-state index < -0.39 is 0 Å². The molecule has 3 N–H and O–H groups in total. The van der Waals surface area contributed by atoms with Crippen molar-refractivity contribution in [2.75, 3.05) is 12.8 Å². The Morgan fingerprint density at radius 2 is 2.10 bits per heavy atom. The Hall–Kier alpha value is -2.34. The molecule has 0 saturated carbocycles. The molecule has 2 heterocycles. The summed E-state index contributed by atoms with van der Waals surface area (Å²) in [5.41, 5.74) is 9.21. The standard InChI is InChI=1S/C15H13BrN4O/c1-21-12-8-9(16)5-6-10(12)14-13(15(17)20-19-14)11-4-2-3-7-18-11/h2-8H,1H3,(H3,17,19,20). The van der Waals surface area contributed by atoms with Crippen LogP contribution in [0, 0.1) is 0 Å². The molecular formula is C15H13BrN4O. The van der Waals surface area contributed by atoms with Crippen molar-refractivity contribution in [1.29, 1.82) is 0 Å². The second kappa shape index (κ2) is 5.57. The number of hydrogen-bond acceptors (Lipinski definition) is 4. The van der Waals surface area contributed by atoms with Crippen LogP contribution < -0.4 is 10.5 Å². The molecule has 0 bridgehead atoms.